The van der Waals surface area contributed by atoms with E-state index >= 15 is 0 Å². The topological polar surface area (TPSA) is 44.5 Å². The smallest absolute Gasteiger partial charge is 0.123 e. The summed E-state index contributed by atoms with van der Waals surface area (Å²) in [7, 11) is 1.67. The van der Waals surface area contributed by atoms with E-state index in [9.17, 15) is 0 Å². The lowest BCUT2D eigenvalue weighted by Crippen LogP contribution is -2.19. The summed E-state index contributed by atoms with van der Waals surface area (Å²) < 4.78 is 10.8. The van der Waals surface area contributed by atoms with Crippen molar-refractivity contribution < 1.29 is 9.47 Å². The predicted octanol–water partition coefficient (Wildman–Crippen LogP) is 1.60. The molecule has 3 nitrogen and oxygen atoms in total. The number of rotatable bonds is 6. The van der Waals surface area contributed by atoms with E-state index in [1.807, 2.05) is 31.2 Å². The fraction of sp³-hybridized carbons (Fsp3) is 0.500. The van der Waals surface area contributed by atoms with Gasteiger partial charge in [-0.1, -0.05) is 18.2 Å². The van der Waals surface area contributed by atoms with Crippen molar-refractivity contribution in [1.29, 1.82) is 0 Å². The van der Waals surface area contributed by atoms with Gasteiger partial charge in [-0.25, -0.2) is 0 Å². The molecule has 15 heavy (non-hydrogen) atoms. The minimum atomic E-state index is 0.0638. The monoisotopic (exact) mass is 209 g/mol. The largest absolute Gasteiger partial charge is 0.488 e. The minimum Gasteiger partial charge on any atom is -0.488 e. The zero-order chi connectivity index (χ0) is 11.1. The van der Waals surface area contributed by atoms with Crippen LogP contribution in [0.5, 0.6) is 5.75 Å². The van der Waals surface area contributed by atoms with Crippen LogP contribution in [0.2, 0.25) is 0 Å². The van der Waals surface area contributed by atoms with Crippen molar-refractivity contribution >= 4 is 0 Å². The van der Waals surface area contributed by atoms with Gasteiger partial charge in [0.25, 0.3) is 0 Å². The van der Waals surface area contributed by atoms with E-state index in [-0.39, 0.29) is 6.10 Å². The molecule has 2 N–H and O–H groups in total. The third kappa shape index (κ3) is 3.90. The highest BCUT2D eigenvalue weighted by molar-refractivity contribution is 5.33. The lowest BCUT2D eigenvalue weighted by atomic mass is 10.1. The maximum atomic E-state index is 5.76. The summed E-state index contributed by atoms with van der Waals surface area (Å²) in [6.07, 6.45) is 0.907. The average molecular weight is 209 g/mol. The predicted molar refractivity (Wildman–Crippen MR) is 61.2 cm³/mol. The number of para-hydroxylation sites is 1. The van der Waals surface area contributed by atoms with Crippen LogP contribution in [-0.2, 0) is 11.2 Å². The first kappa shape index (κ1) is 12.0. The molecule has 0 spiro atoms. The lowest BCUT2D eigenvalue weighted by Gasteiger charge is -2.16. The SMILES string of the molecule is COCC(C)Oc1ccccc1CCN. The average Bonchev–Trinajstić information content (AvgIpc) is 2.21. The highest BCUT2D eigenvalue weighted by Gasteiger charge is 2.06. The van der Waals surface area contributed by atoms with E-state index in [0.717, 1.165) is 17.7 Å². The fourth-order valence-corrected chi connectivity index (χ4v) is 1.47. The standard InChI is InChI=1S/C12H19NO2/c1-10(9-14-2)15-12-6-4-3-5-11(12)7-8-13/h3-6,10H,7-9,13H2,1-2H3. The Morgan fingerprint density at radius 3 is 2.73 bits per heavy atom. The molecule has 1 rings (SSSR count). The van der Waals surface area contributed by atoms with Gasteiger partial charge < -0.3 is 15.2 Å². The van der Waals surface area contributed by atoms with Gasteiger partial charge in [-0.05, 0) is 31.5 Å². The molecule has 0 aromatic heterocycles. The van der Waals surface area contributed by atoms with Crippen LogP contribution in [0, 0.1) is 0 Å². The van der Waals surface area contributed by atoms with E-state index < -0.39 is 0 Å². The van der Waals surface area contributed by atoms with Crippen LogP contribution in [0.3, 0.4) is 0 Å². The van der Waals surface area contributed by atoms with Crippen molar-refractivity contribution in [3.63, 3.8) is 0 Å². The maximum Gasteiger partial charge on any atom is 0.123 e. The zero-order valence-corrected chi connectivity index (χ0v) is 9.40. The van der Waals surface area contributed by atoms with E-state index in [4.69, 9.17) is 15.2 Å². The van der Waals surface area contributed by atoms with Gasteiger partial charge in [-0.3, -0.25) is 0 Å². The first-order chi connectivity index (χ1) is 7.27. The van der Waals surface area contributed by atoms with Crippen LogP contribution in [0.4, 0.5) is 0 Å². The Morgan fingerprint density at radius 1 is 1.33 bits per heavy atom. The molecule has 0 saturated carbocycles. The molecule has 84 valence electrons. The van der Waals surface area contributed by atoms with Crippen LogP contribution in [0.25, 0.3) is 0 Å². The molecular weight excluding hydrogens is 190 g/mol. The summed E-state index contributed by atoms with van der Waals surface area (Å²) in [5, 5.41) is 0. The van der Waals surface area contributed by atoms with Crippen molar-refractivity contribution in [1.82, 2.24) is 0 Å². The van der Waals surface area contributed by atoms with Crippen molar-refractivity contribution in [3.8, 4) is 5.75 Å². The van der Waals surface area contributed by atoms with Crippen LogP contribution >= 0.6 is 0 Å². The van der Waals surface area contributed by atoms with Gasteiger partial charge in [-0.15, -0.1) is 0 Å². The second kappa shape index (κ2) is 6.43. The molecule has 1 atom stereocenters. The second-order valence-corrected chi connectivity index (χ2v) is 3.53. The highest BCUT2D eigenvalue weighted by atomic mass is 16.5. The van der Waals surface area contributed by atoms with E-state index in [1.165, 1.54) is 0 Å². The molecule has 1 aromatic carbocycles. The molecule has 1 unspecified atom stereocenters. The van der Waals surface area contributed by atoms with Crippen LogP contribution in [-0.4, -0.2) is 26.4 Å². The number of hydrogen-bond donors (Lipinski definition) is 1. The molecule has 0 fully saturated rings. The molecule has 0 amide bonds. The Labute approximate surface area is 91.2 Å². The van der Waals surface area contributed by atoms with Crippen molar-refractivity contribution in [3.05, 3.63) is 29.8 Å². The van der Waals surface area contributed by atoms with Gasteiger partial charge >= 0.3 is 0 Å². The molecule has 0 aliphatic carbocycles. The second-order valence-electron chi connectivity index (χ2n) is 3.53. The highest BCUT2D eigenvalue weighted by Crippen LogP contribution is 2.19. The first-order valence-electron chi connectivity index (χ1n) is 5.21. The molecule has 0 bridgehead atoms. The molecule has 0 aliphatic heterocycles. The van der Waals surface area contributed by atoms with E-state index in [2.05, 4.69) is 0 Å². The summed E-state index contributed by atoms with van der Waals surface area (Å²) in [4.78, 5) is 0. The van der Waals surface area contributed by atoms with Gasteiger partial charge in [-0.2, -0.15) is 0 Å². The van der Waals surface area contributed by atoms with Gasteiger partial charge in [0.1, 0.15) is 11.9 Å². The van der Waals surface area contributed by atoms with Crippen LogP contribution in [0.1, 0.15) is 12.5 Å². The Bertz CT molecular complexity index is 289. The van der Waals surface area contributed by atoms with Gasteiger partial charge in [0.2, 0.25) is 0 Å². The molecule has 3 heteroatoms. The first-order valence-corrected chi connectivity index (χ1v) is 5.21. The van der Waals surface area contributed by atoms with Gasteiger partial charge in [0, 0.05) is 7.11 Å². The molecule has 0 saturated heterocycles. The number of ether oxygens (including phenoxy) is 2. The van der Waals surface area contributed by atoms with E-state index in [1.54, 1.807) is 7.11 Å². The number of nitrogens with two attached hydrogens (primary N) is 1. The molecular formula is C12H19NO2. The molecule has 1 aromatic rings. The van der Waals surface area contributed by atoms with Gasteiger partial charge in [0.15, 0.2) is 0 Å². The fourth-order valence-electron chi connectivity index (χ4n) is 1.47. The Balaban J connectivity index is 2.66. The number of methoxy groups -OCH3 is 1. The summed E-state index contributed by atoms with van der Waals surface area (Å²) >= 11 is 0. The van der Waals surface area contributed by atoms with Crippen LogP contribution in [0.15, 0.2) is 24.3 Å². The quantitative estimate of drug-likeness (QED) is 0.774. The van der Waals surface area contributed by atoms with Crippen molar-refractivity contribution in [2.45, 2.75) is 19.4 Å². The maximum absolute atomic E-state index is 5.76. The Hall–Kier alpha value is -1.06. The summed E-state index contributed by atoms with van der Waals surface area (Å²) in [5.41, 5.74) is 6.69. The zero-order valence-electron chi connectivity index (χ0n) is 9.40. The third-order valence-corrected chi connectivity index (χ3v) is 2.12. The molecule has 0 aliphatic rings. The third-order valence-electron chi connectivity index (χ3n) is 2.12. The molecule has 0 radical (unpaired) electrons. The minimum absolute atomic E-state index is 0.0638. The normalized spacial score (nSPS) is 12.5. The number of hydrogen-bond acceptors (Lipinski definition) is 3. The Kier molecular flexibility index (Phi) is 5.15. The Morgan fingerprint density at radius 2 is 2.07 bits per heavy atom. The number of benzene rings is 1. The summed E-state index contributed by atoms with van der Waals surface area (Å²) in [6.45, 7) is 3.22. The van der Waals surface area contributed by atoms with Crippen molar-refractivity contribution in [2.75, 3.05) is 20.3 Å². The summed E-state index contributed by atoms with van der Waals surface area (Å²) in [5.74, 6) is 0.910. The lowest BCUT2D eigenvalue weighted by molar-refractivity contribution is 0.0914. The van der Waals surface area contributed by atoms with Crippen LogP contribution < -0.4 is 10.5 Å². The summed E-state index contributed by atoms with van der Waals surface area (Å²) in [6, 6.07) is 7.98. The molecule has 0 heterocycles. The van der Waals surface area contributed by atoms with E-state index in [0.29, 0.717) is 13.2 Å². The van der Waals surface area contributed by atoms with Crippen molar-refractivity contribution in [2.24, 2.45) is 5.73 Å². The van der Waals surface area contributed by atoms with Gasteiger partial charge in [0.05, 0.1) is 6.61 Å².